The molecule has 2 aromatic heterocycles. The maximum absolute atomic E-state index is 14.6. The molecule has 3 aromatic rings. The van der Waals surface area contributed by atoms with E-state index in [1.165, 1.54) is 65.4 Å². The van der Waals surface area contributed by atoms with Crippen molar-refractivity contribution in [3.63, 3.8) is 0 Å². The number of hydrogen-bond donors (Lipinski definition) is 7. The van der Waals surface area contributed by atoms with Gasteiger partial charge in [0.15, 0.2) is 0 Å². The molecule has 0 radical (unpaired) electrons. The van der Waals surface area contributed by atoms with Crippen molar-refractivity contribution >= 4 is 88.4 Å². The number of pyridine rings is 2. The van der Waals surface area contributed by atoms with Crippen LogP contribution in [0.1, 0.15) is 180 Å². The first-order valence-corrected chi connectivity index (χ1v) is 38.1. The highest BCUT2D eigenvalue weighted by Gasteiger charge is 2.51. The predicted molar refractivity (Wildman–Crippen MR) is 391 cm³/mol. The zero-order valence-corrected chi connectivity index (χ0v) is 64.6. The molecule has 0 spiro atoms. The first-order valence-electron chi connectivity index (χ1n) is 38.1. The zero-order chi connectivity index (χ0) is 81.3. The number of rotatable bonds is 45. The molecule has 35 heteroatoms. The third kappa shape index (κ3) is 22.5. The SMILES string of the molecule is CCc1c2c(nc3ccc(OC(=O)N4CCC(N5CCCCC5)CC4)cc13)-c1cc3c(c(=O)n1C2)COC(=O)[C@@]3(CC)OC(=O)CNC(=O)CCOCC(COCCC(=O)NCC(=O)OC(CC)(CC)C(=O)O)(COCCC(=O)NCC(=O)OC(CC)(CC)C(=O)O)COCCC(=O)NCC(=O)OC(CC)(CC)C(=O)O. The largest absolute Gasteiger partial charge is 0.478 e. The van der Waals surface area contributed by atoms with Gasteiger partial charge in [-0.3, -0.25) is 43.2 Å². The topological polar surface area (TPSA) is 464 Å². The van der Waals surface area contributed by atoms with Crippen LogP contribution in [-0.2, 0) is 125 Å². The van der Waals surface area contributed by atoms with Crippen LogP contribution in [0, 0.1) is 5.41 Å². The second-order valence-electron chi connectivity index (χ2n) is 27.9. The van der Waals surface area contributed by atoms with Gasteiger partial charge < -0.3 is 98.3 Å². The van der Waals surface area contributed by atoms with E-state index in [-0.39, 0.29) is 128 Å². The number of amides is 5. The fraction of sp³-hybridized carbons (Fsp3) is 0.645. The number of aromatic nitrogens is 2. The zero-order valence-electron chi connectivity index (χ0n) is 64.6. The number of benzene rings is 1. The molecule has 2 fully saturated rings. The summed E-state index contributed by atoms with van der Waals surface area (Å²) in [7, 11) is 0. The van der Waals surface area contributed by atoms with Crippen molar-refractivity contribution in [1.29, 1.82) is 0 Å². The van der Waals surface area contributed by atoms with Crippen LogP contribution in [0.15, 0.2) is 29.1 Å². The van der Waals surface area contributed by atoms with Gasteiger partial charge in [-0.15, -0.1) is 0 Å². The van der Waals surface area contributed by atoms with Crippen LogP contribution in [0.5, 0.6) is 5.75 Å². The Balaban J connectivity index is 1.02. The summed E-state index contributed by atoms with van der Waals surface area (Å²) >= 11 is 0. The molecule has 2 saturated heterocycles. The number of piperidine rings is 2. The Hall–Kier alpha value is -9.71. The lowest BCUT2D eigenvalue weighted by Gasteiger charge is -2.39. The number of esters is 5. The number of likely N-dealkylation sites (tertiary alicyclic amines) is 2. The van der Waals surface area contributed by atoms with Gasteiger partial charge >= 0.3 is 53.8 Å². The number of aryl methyl sites for hydroxylation is 1. The van der Waals surface area contributed by atoms with Crippen LogP contribution < -0.4 is 31.6 Å². The molecule has 35 nitrogen and oxygen atoms in total. The summed E-state index contributed by atoms with van der Waals surface area (Å²) in [6, 6.07) is 7.25. The number of fused-ring (bicyclic) bond motifs is 5. The normalized spacial score (nSPS) is 15.9. The fourth-order valence-corrected chi connectivity index (χ4v) is 13.9. The lowest BCUT2D eigenvalue weighted by atomic mass is 9.85. The first kappa shape index (κ1) is 88.5. The minimum Gasteiger partial charge on any atom is -0.478 e. The van der Waals surface area contributed by atoms with E-state index >= 15 is 0 Å². The van der Waals surface area contributed by atoms with E-state index in [4.69, 9.17) is 52.4 Å². The molecular formula is C76H106N8O27. The lowest BCUT2D eigenvalue weighted by molar-refractivity contribution is -0.189. The van der Waals surface area contributed by atoms with E-state index in [1.807, 2.05) is 6.92 Å². The molecule has 0 unspecified atom stereocenters. The summed E-state index contributed by atoms with van der Waals surface area (Å²) in [5, 5.41) is 39.4. The van der Waals surface area contributed by atoms with Crippen LogP contribution >= 0.6 is 0 Å². The quantitative estimate of drug-likeness (QED) is 0.0184. The summed E-state index contributed by atoms with van der Waals surface area (Å²) in [6.07, 6.45) is 3.44. The van der Waals surface area contributed by atoms with E-state index in [0.29, 0.717) is 48.2 Å². The average molecular weight is 1560 g/mol. The summed E-state index contributed by atoms with van der Waals surface area (Å²) in [5.74, 6) is -11.7. The Bertz CT molecular complexity index is 3760. The number of nitrogens with zero attached hydrogens (tertiary/aromatic N) is 4. The number of carboxylic acids is 3. The monoisotopic (exact) mass is 1560 g/mol. The summed E-state index contributed by atoms with van der Waals surface area (Å²) in [6.45, 7) is 9.93. The Morgan fingerprint density at radius 3 is 1.40 bits per heavy atom. The Morgan fingerprint density at radius 1 is 0.559 bits per heavy atom. The van der Waals surface area contributed by atoms with E-state index in [9.17, 15) is 82.4 Å². The lowest BCUT2D eigenvalue weighted by Crippen LogP contribution is -2.48. The Labute approximate surface area is 642 Å². The van der Waals surface area contributed by atoms with Gasteiger partial charge in [-0.2, -0.15) is 0 Å². The molecule has 0 saturated carbocycles. The van der Waals surface area contributed by atoms with Gasteiger partial charge in [0.25, 0.3) is 5.56 Å². The minimum absolute atomic E-state index is 0.0456. The first-order chi connectivity index (χ1) is 53.0. The minimum atomic E-state index is -2.15. The van der Waals surface area contributed by atoms with E-state index in [1.54, 1.807) is 36.1 Å². The third-order valence-corrected chi connectivity index (χ3v) is 21.0. The van der Waals surface area contributed by atoms with Crippen LogP contribution in [0.3, 0.4) is 0 Å². The van der Waals surface area contributed by atoms with Crippen molar-refractivity contribution < 1.29 is 125 Å². The predicted octanol–water partition coefficient (Wildman–Crippen LogP) is 4.28. The van der Waals surface area contributed by atoms with Gasteiger partial charge in [-0.05, 0) is 120 Å². The number of nitrogens with one attached hydrogen (secondary N) is 4. The summed E-state index contributed by atoms with van der Waals surface area (Å²) < 4.78 is 58.7. The number of carboxylic acid groups (broad SMARTS) is 3. The van der Waals surface area contributed by atoms with Crippen LogP contribution in [-0.4, -0.2) is 240 Å². The maximum atomic E-state index is 14.6. The second kappa shape index (κ2) is 41.0. The van der Waals surface area contributed by atoms with Gasteiger partial charge in [-0.25, -0.2) is 29.0 Å². The van der Waals surface area contributed by atoms with E-state index in [0.717, 1.165) is 42.4 Å². The molecule has 4 aliphatic rings. The molecular weight excluding hydrogens is 1460 g/mol. The number of cyclic esters (lactones) is 1. The Kier molecular flexibility index (Phi) is 32.7. The molecule has 6 heterocycles. The summed E-state index contributed by atoms with van der Waals surface area (Å²) in [4.78, 5) is 192. The molecule has 612 valence electrons. The highest BCUT2D eigenvalue weighted by molar-refractivity contribution is 5.93. The van der Waals surface area contributed by atoms with Gasteiger partial charge in [0.1, 0.15) is 38.5 Å². The molecule has 0 bridgehead atoms. The molecule has 0 aliphatic carbocycles. The van der Waals surface area contributed by atoms with Crippen LogP contribution in [0.25, 0.3) is 22.3 Å². The molecule has 7 rings (SSSR count). The molecule has 111 heavy (non-hydrogen) atoms. The van der Waals surface area contributed by atoms with E-state index in [2.05, 4.69) is 26.2 Å². The molecule has 1 aromatic carbocycles. The highest BCUT2D eigenvalue weighted by Crippen LogP contribution is 2.43. The second-order valence-corrected chi connectivity index (χ2v) is 27.9. The standard InChI is InChI=1S/C76H106N8O27/c1-9-50-51-36-49(107-71(101)83-30-22-48(23-31-83)82-28-18-17-19-29-82)20-21-55(51)81-65-52(50)42-84-56(65)37-54-53(66(84)93)43-106-70(100)76(54,16-8)111-64(92)41-80-60(88)27-35-105-47-72(44-102-32-24-57(85)77-38-61(89)108-73(10-2,11-3)67(94)95,45-103-33-25-58(86)78-39-62(90)109-74(12-4,13-5)68(96)97)46-104-34-26-59(87)79-40-63(91)110-75(14-6,15-7)69(98)99/h20-21,36-37,48H,9-19,22-35,38-47H2,1-8H3,(H,77,85)(H,78,86)(H,79,87)(H,80,88)(H,94,95)(H,96,97)(H,98,99)/t76-/m0/s1. The third-order valence-electron chi connectivity index (χ3n) is 21.0. The number of ether oxygens (including phenoxy) is 10. The number of carbonyl (C=O) groups excluding carboxylic acids is 10. The summed E-state index contributed by atoms with van der Waals surface area (Å²) in [5.41, 5.74) is -6.42. The average Bonchev–Trinajstić information content (AvgIpc) is 1.61. The van der Waals surface area contributed by atoms with Crippen LogP contribution in [0.4, 0.5) is 4.79 Å². The smallest absolute Gasteiger partial charge is 0.415 e. The van der Waals surface area contributed by atoms with Gasteiger partial charge in [0, 0.05) is 61.3 Å². The molecule has 4 aliphatic heterocycles. The molecule has 7 N–H and O–H groups in total. The van der Waals surface area contributed by atoms with Crippen molar-refractivity contribution in [3.05, 3.63) is 56.9 Å². The van der Waals surface area contributed by atoms with Crippen LogP contribution in [0.2, 0.25) is 0 Å². The highest BCUT2D eigenvalue weighted by atomic mass is 16.6. The van der Waals surface area contributed by atoms with Crippen molar-refractivity contribution in [1.82, 2.24) is 40.6 Å². The fourth-order valence-electron chi connectivity index (χ4n) is 13.9. The van der Waals surface area contributed by atoms with Crippen molar-refractivity contribution in [2.75, 3.05) is 105 Å². The number of aliphatic carboxylic acids is 3. The van der Waals surface area contributed by atoms with Gasteiger partial charge in [0.05, 0.1) is 87.3 Å². The molecule has 1 atom stereocenters. The maximum Gasteiger partial charge on any atom is 0.415 e. The van der Waals surface area contributed by atoms with Gasteiger partial charge in [-0.1, -0.05) is 61.8 Å². The van der Waals surface area contributed by atoms with Crippen molar-refractivity contribution in [2.24, 2.45) is 5.41 Å². The Morgan fingerprint density at radius 2 is 0.991 bits per heavy atom. The van der Waals surface area contributed by atoms with E-state index < -0.39 is 157 Å². The number of carbonyl (C=O) groups is 13. The molecule has 5 amide bonds. The van der Waals surface area contributed by atoms with Gasteiger partial charge in [0.2, 0.25) is 46.0 Å². The number of hydrogen-bond acceptors (Lipinski definition) is 26. The van der Waals surface area contributed by atoms with Crippen molar-refractivity contribution in [3.8, 4) is 17.1 Å². The van der Waals surface area contributed by atoms with Crippen molar-refractivity contribution in [2.45, 2.75) is 206 Å².